The SMILES string of the molecule is Cc1cccc(C)c1Nc1nn(C2CCC3(CC2)OCCO3)c2nc(Cl)ncc12. The third-order valence-electron chi connectivity index (χ3n) is 6.02. The van der Waals surface area contributed by atoms with E-state index in [-0.39, 0.29) is 11.3 Å². The topological polar surface area (TPSA) is 74.1 Å². The van der Waals surface area contributed by atoms with Gasteiger partial charge in [-0.1, -0.05) is 18.2 Å². The van der Waals surface area contributed by atoms with Crippen LogP contribution in [0.3, 0.4) is 0 Å². The molecule has 3 aromatic rings. The lowest BCUT2D eigenvalue weighted by molar-refractivity contribution is -0.181. The van der Waals surface area contributed by atoms with Crippen molar-refractivity contribution in [2.75, 3.05) is 18.5 Å². The molecule has 7 nitrogen and oxygen atoms in total. The monoisotopic (exact) mass is 413 g/mol. The van der Waals surface area contributed by atoms with Gasteiger partial charge in [0.1, 0.15) is 0 Å². The molecule has 29 heavy (non-hydrogen) atoms. The molecule has 1 saturated heterocycles. The molecule has 8 heteroatoms. The van der Waals surface area contributed by atoms with Crippen LogP contribution in [0.5, 0.6) is 0 Å². The zero-order valence-electron chi connectivity index (χ0n) is 16.6. The van der Waals surface area contributed by atoms with Crippen molar-refractivity contribution < 1.29 is 9.47 Å². The maximum Gasteiger partial charge on any atom is 0.224 e. The highest BCUT2D eigenvalue weighted by molar-refractivity contribution is 6.28. The van der Waals surface area contributed by atoms with Gasteiger partial charge in [0, 0.05) is 24.7 Å². The van der Waals surface area contributed by atoms with Crippen molar-refractivity contribution in [3.63, 3.8) is 0 Å². The average Bonchev–Trinajstić information content (AvgIpc) is 3.30. The fourth-order valence-corrected chi connectivity index (χ4v) is 4.58. The van der Waals surface area contributed by atoms with Crippen LogP contribution in [0.1, 0.15) is 42.9 Å². The first-order valence-corrected chi connectivity index (χ1v) is 10.4. The van der Waals surface area contributed by atoms with Gasteiger partial charge in [0.15, 0.2) is 17.3 Å². The Morgan fingerprint density at radius 1 is 1.14 bits per heavy atom. The second kappa shape index (κ2) is 7.23. The average molecular weight is 414 g/mol. The summed E-state index contributed by atoms with van der Waals surface area (Å²) < 4.78 is 13.7. The van der Waals surface area contributed by atoms with Crippen LogP contribution < -0.4 is 5.32 Å². The number of nitrogens with zero attached hydrogens (tertiary/aromatic N) is 4. The summed E-state index contributed by atoms with van der Waals surface area (Å²) in [5.41, 5.74) is 4.15. The molecule has 1 aliphatic heterocycles. The number of rotatable bonds is 3. The van der Waals surface area contributed by atoms with Crippen LogP contribution in [0.4, 0.5) is 11.5 Å². The van der Waals surface area contributed by atoms with Gasteiger partial charge in [0.2, 0.25) is 5.28 Å². The largest absolute Gasteiger partial charge is 0.348 e. The van der Waals surface area contributed by atoms with Crippen LogP contribution in [-0.4, -0.2) is 38.7 Å². The predicted molar refractivity (Wildman–Crippen MR) is 112 cm³/mol. The molecular formula is C21H24ClN5O2. The molecule has 1 saturated carbocycles. The van der Waals surface area contributed by atoms with Crippen molar-refractivity contribution in [1.82, 2.24) is 19.7 Å². The standard InChI is InChI=1S/C21H24ClN5O2/c1-13-4-3-5-14(2)17(13)24-18-16-12-23-20(22)25-19(16)27(26-18)15-6-8-21(9-7-15)28-10-11-29-21/h3-5,12,15H,6-11H2,1-2H3,(H,24,26). The maximum atomic E-state index is 6.12. The summed E-state index contributed by atoms with van der Waals surface area (Å²) in [6.45, 7) is 5.54. The van der Waals surface area contributed by atoms with E-state index in [0.717, 1.165) is 59.3 Å². The highest BCUT2D eigenvalue weighted by Gasteiger charge is 2.41. The fraction of sp³-hybridized carbons (Fsp3) is 0.476. The molecule has 0 unspecified atom stereocenters. The second-order valence-electron chi connectivity index (χ2n) is 7.90. The number of aryl methyl sites for hydroxylation is 2. The van der Waals surface area contributed by atoms with Crippen molar-refractivity contribution in [3.05, 3.63) is 40.8 Å². The molecule has 2 aromatic heterocycles. The Hall–Kier alpha value is -2.22. The van der Waals surface area contributed by atoms with Crippen molar-refractivity contribution in [2.24, 2.45) is 0 Å². The van der Waals surface area contributed by atoms with Gasteiger partial charge in [-0.25, -0.2) is 9.67 Å². The van der Waals surface area contributed by atoms with E-state index in [9.17, 15) is 0 Å². The van der Waals surface area contributed by atoms with Crippen LogP contribution >= 0.6 is 11.6 Å². The van der Waals surface area contributed by atoms with E-state index in [4.69, 9.17) is 26.2 Å². The van der Waals surface area contributed by atoms with Gasteiger partial charge in [-0.2, -0.15) is 10.1 Å². The summed E-state index contributed by atoms with van der Waals surface area (Å²) in [5, 5.41) is 9.51. The predicted octanol–water partition coefficient (Wildman–Crippen LogP) is 4.70. The van der Waals surface area contributed by atoms with E-state index in [1.807, 2.05) is 4.68 Å². The van der Waals surface area contributed by atoms with Crippen molar-refractivity contribution in [3.8, 4) is 0 Å². The van der Waals surface area contributed by atoms with E-state index in [2.05, 4.69) is 47.3 Å². The summed E-state index contributed by atoms with van der Waals surface area (Å²) in [7, 11) is 0. The number of hydrogen-bond donors (Lipinski definition) is 1. The molecule has 1 aromatic carbocycles. The number of halogens is 1. The second-order valence-corrected chi connectivity index (χ2v) is 8.24. The van der Waals surface area contributed by atoms with Crippen LogP contribution in [0.2, 0.25) is 5.28 Å². The highest BCUT2D eigenvalue weighted by Crippen LogP contribution is 2.41. The summed E-state index contributed by atoms with van der Waals surface area (Å²) in [4.78, 5) is 8.69. The minimum absolute atomic E-state index is 0.218. The Balaban J connectivity index is 1.50. The smallest absolute Gasteiger partial charge is 0.224 e. The van der Waals surface area contributed by atoms with Crippen molar-refractivity contribution >= 4 is 34.1 Å². The van der Waals surface area contributed by atoms with Gasteiger partial charge in [-0.15, -0.1) is 0 Å². The lowest BCUT2D eigenvalue weighted by atomic mass is 9.90. The van der Waals surface area contributed by atoms with Gasteiger partial charge in [0.25, 0.3) is 0 Å². The molecule has 152 valence electrons. The van der Waals surface area contributed by atoms with E-state index >= 15 is 0 Å². The molecular weight excluding hydrogens is 390 g/mol. The van der Waals surface area contributed by atoms with Gasteiger partial charge in [-0.05, 0) is 49.4 Å². The van der Waals surface area contributed by atoms with Gasteiger partial charge < -0.3 is 14.8 Å². The van der Waals surface area contributed by atoms with Crippen molar-refractivity contribution in [2.45, 2.75) is 51.4 Å². The fourth-order valence-electron chi connectivity index (χ4n) is 4.45. The summed E-state index contributed by atoms with van der Waals surface area (Å²) in [6.07, 6.45) is 5.30. The zero-order valence-corrected chi connectivity index (χ0v) is 17.4. The van der Waals surface area contributed by atoms with E-state index in [0.29, 0.717) is 13.2 Å². The molecule has 1 N–H and O–H groups in total. The van der Waals surface area contributed by atoms with Crippen LogP contribution in [0, 0.1) is 13.8 Å². The first-order chi connectivity index (χ1) is 14.0. The molecule has 1 spiro atoms. The molecule has 2 aliphatic rings. The maximum absolute atomic E-state index is 6.12. The Labute approximate surface area is 174 Å². The van der Waals surface area contributed by atoms with E-state index < -0.39 is 5.79 Å². The molecule has 0 radical (unpaired) electrons. The molecule has 0 amide bonds. The zero-order chi connectivity index (χ0) is 20.0. The molecule has 0 bridgehead atoms. The first kappa shape index (κ1) is 18.8. The number of anilines is 2. The summed E-state index contributed by atoms with van der Waals surface area (Å²) >= 11 is 6.12. The van der Waals surface area contributed by atoms with E-state index in [1.165, 1.54) is 0 Å². The molecule has 3 heterocycles. The first-order valence-electron chi connectivity index (χ1n) is 10.1. The van der Waals surface area contributed by atoms with Crippen LogP contribution in [0.15, 0.2) is 24.4 Å². The van der Waals surface area contributed by atoms with Crippen molar-refractivity contribution in [1.29, 1.82) is 0 Å². The molecule has 2 fully saturated rings. The normalized spacial score (nSPS) is 19.3. The summed E-state index contributed by atoms with van der Waals surface area (Å²) in [5.74, 6) is 0.355. The number of hydrogen-bond acceptors (Lipinski definition) is 6. The summed E-state index contributed by atoms with van der Waals surface area (Å²) in [6, 6.07) is 6.45. The number of aromatic nitrogens is 4. The quantitative estimate of drug-likeness (QED) is 0.627. The van der Waals surface area contributed by atoms with Crippen LogP contribution in [-0.2, 0) is 9.47 Å². The molecule has 0 atom stereocenters. The Bertz CT molecular complexity index is 1030. The number of fused-ring (bicyclic) bond motifs is 1. The van der Waals surface area contributed by atoms with Gasteiger partial charge >= 0.3 is 0 Å². The minimum atomic E-state index is -0.397. The number of nitrogens with one attached hydrogen (secondary N) is 1. The lowest BCUT2D eigenvalue weighted by Crippen LogP contribution is -2.36. The minimum Gasteiger partial charge on any atom is -0.348 e. The molecule has 1 aliphatic carbocycles. The Morgan fingerprint density at radius 3 is 2.52 bits per heavy atom. The third-order valence-corrected chi connectivity index (χ3v) is 6.20. The Morgan fingerprint density at radius 2 is 1.83 bits per heavy atom. The van der Waals surface area contributed by atoms with E-state index in [1.54, 1.807) is 6.20 Å². The highest BCUT2D eigenvalue weighted by atomic mass is 35.5. The lowest BCUT2D eigenvalue weighted by Gasteiger charge is -2.35. The number of benzene rings is 1. The van der Waals surface area contributed by atoms with Gasteiger partial charge in [-0.3, -0.25) is 0 Å². The third kappa shape index (κ3) is 3.37. The van der Waals surface area contributed by atoms with Gasteiger partial charge in [0.05, 0.1) is 24.6 Å². The number of ether oxygens (including phenoxy) is 2. The Kier molecular flexibility index (Phi) is 4.69. The van der Waals surface area contributed by atoms with Crippen LogP contribution in [0.25, 0.3) is 11.0 Å². The molecule has 5 rings (SSSR count). The number of para-hydroxylation sites is 1.